The molecule has 3 nitrogen and oxygen atoms in total. The molecule has 78 valence electrons. The summed E-state index contributed by atoms with van der Waals surface area (Å²) in [4.78, 5) is 11.6. The van der Waals surface area contributed by atoms with Gasteiger partial charge in [-0.25, -0.2) is 0 Å². The lowest BCUT2D eigenvalue weighted by atomic mass is 9.88. The molecule has 0 saturated carbocycles. The Balaban J connectivity index is 3.80. The lowest BCUT2D eigenvalue weighted by molar-refractivity contribution is -0.129. The summed E-state index contributed by atoms with van der Waals surface area (Å²) in [7, 11) is 0. The Kier molecular flexibility index (Phi) is 5.71. The van der Waals surface area contributed by atoms with E-state index in [9.17, 15) is 4.79 Å². The molecule has 0 radical (unpaired) electrons. The number of nitrogens with one attached hydrogen (secondary N) is 1. The molecule has 1 amide bonds. The van der Waals surface area contributed by atoms with E-state index in [-0.39, 0.29) is 11.3 Å². The number of unbranched alkanes of at least 4 members (excludes halogenated alkanes) is 1. The molecule has 0 aliphatic heterocycles. The summed E-state index contributed by atoms with van der Waals surface area (Å²) < 4.78 is 0. The van der Waals surface area contributed by atoms with Gasteiger partial charge >= 0.3 is 0 Å². The van der Waals surface area contributed by atoms with Gasteiger partial charge in [-0.3, -0.25) is 4.79 Å². The molecule has 13 heavy (non-hydrogen) atoms. The van der Waals surface area contributed by atoms with Crippen molar-refractivity contribution in [3.8, 4) is 0 Å². The monoisotopic (exact) mass is 186 g/mol. The highest BCUT2D eigenvalue weighted by Crippen LogP contribution is 2.18. The van der Waals surface area contributed by atoms with Crippen LogP contribution < -0.4 is 11.1 Å². The van der Waals surface area contributed by atoms with Gasteiger partial charge in [0.25, 0.3) is 0 Å². The van der Waals surface area contributed by atoms with Gasteiger partial charge in [0.15, 0.2) is 0 Å². The van der Waals surface area contributed by atoms with Crippen LogP contribution in [0.1, 0.15) is 40.0 Å². The quantitative estimate of drug-likeness (QED) is 0.614. The van der Waals surface area contributed by atoms with Crippen LogP contribution in [0, 0.1) is 5.41 Å². The van der Waals surface area contributed by atoms with E-state index >= 15 is 0 Å². The van der Waals surface area contributed by atoms with Gasteiger partial charge in [0.1, 0.15) is 0 Å². The summed E-state index contributed by atoms with van der Waals surface area (Å²) in [5, 5.41) is 2.91. The Labute approximate surface area is 81.1 Å². The molecule has 0 aromatic carbocycles. The van der Waals surface area contributed by atoms with E-state index in [0.717, 1.165) is 25.8 Å². The Hall–Kier alpha value is -0.570. The molecule has 0 aromatic rings. The van der Waals surface area contributed by atoms with Gasteiger partial charge in [-0.1, -0.05) is 27.2 Å². The lowest BCUT2D eigenvalue weighted by Gasteiger charge is -2.22. The zero-order valence-electron chi connectivity index (χ0n) is 9.02. The van der Waals surface area contributed by atoms with E-state index in [4.69, 9.17) is 5.73 Å². The number of carbonyl (C=O) groups is 1. The lowest BCUT2D eigenvalue weighted by Crippen LogP contribution is -2.38. The second-order valence-electron chi connectivity index (χ2n) is 4.03. The van der Waals surface area contributed by atoms with E-state index in [1.165, 1.54) is 0 Å². The average molecular weight is 186 g/mol. The molecule has 3 N–H and O–H groups in total. The predicted molar refractivity (Wildman–Crippen MR) is 55.4 cm³/mol. The molecule has 0 heterocycles. The third-order valence-corrected chi connectivity index (χ3v) is 2.20. The third-order valence-electron chi connectivity index (χ3n) is 2.20. The molecule has 0 aliphatic rings. The van der Waals surface area contributed by atoms with Crippen molar-refractivity contribution in [3.63, 3.8) is 0 Å². The SMILES string of the molecule is CCCCNC(=O)C(C)(C)CCN. The molecular formula is C10H22N2O. The second-order valence-corrected chi connectivity index (χ2v) is 4.03. The van der Waals surface area contributed by atoms with Crippen LogP contribution >= 0.6 is 0 Å². The minimum absolute atomic E-state index is 0.117. The predicted octanol–water partition coefficient (Wildman–Crippen LogP) is 1.28. The Morgan fingerprint density at radius 1 is 1.46 bits per heavy atom. The number of amides is 1. The van der Waals surface area contributed by atoms with Crippen molar-refractivity contribution in [2.75, 3.05) is 13.1 Å². The van der Waals surface area contributed by atoms with E-state index in [1.54, 1.807) is 0 Å². The molecule has 0 fully saturated rings. The average Bonchev–Trinajstić information content (AvgIpc) is 2.04. The zero-order chi connectivity index (χ0) is 10.3. The van der Waals surface area contributed by atoms with Crippen LogP contribution in [-0.2, 0) is 4.79 Å². The van der Waals surface area contributed by atoms with Crippen LogP contribution in [0.3, 0.4) is 0 Å². The van der Waals surface area contributed by atoms with Gasteiger partial charge in [-0.15, -0.1) is 0 Å². The maximum atomic E-state index is 11.6. The molecule has 0 unspecified atom stereocenters. The van der Waals surface area contributed by atoms with Gasteiger partial charge < -0.3 is 11.1 Å². The minimum Gasteiger partial charge on any atom is -0.356 e. The summed E-state index contributed by atoms with van der Waals surface area (Å²) in [6.07, 6.45) is 2.90. The van der Waals surface area contributed by atoms with E-state index < -0.39 is 0 Å². The molecule has 0 aliphatic carbocycles. The van der Waals surface area contributed by atoms with Gasteiger partial charge in [0.2, 0.25) is 5.91 Å². The Morgan fingerprint density at radius 3 is 2.54 bits per heavy atom. The molecule has 0 atom stereocenters. The smallest absolute Gasteiger partial charge is 0.225 e. The van der Waals surface area contributed by atoms with Gasteiger partial charge in [-0.2, -0.15) is 0 Å². The van der Waals surface area contributed by atoms with Crippen LogP contribution in [0.25, 0.3) is 0 Å². The first-order valence-electron chi connectivity index (χ1n) is 5.03. The molecule has 3 heteroatoms. The fourth-order valence-electron chi connectivity index (χ4n) is 1.09. The van der Waals surface area contributed by atoms with Crippen molar-refractivity contribution < 1.29 is 4.79 Å². The summed E-state index contributed by atoms with van der Waals surface area (Å²) in [5.74, 6) is 0.117. The van der Waals surface area contributed by atoms with Gasteiger partial charge in [-0.05, 0) is 19.4 Å². The van der Waals surface area contributed by atoms with Crippen molar-refractivity contribution in [1.29, 1.82) is 0 Å². The fourth-order valence-corrected chi connectivity index (χ4v) is 1.09. The highest BCUT2D eigenvalue weighted by Gasteiger charge is 2.25. The minimum atomic E-state index is -0.317. The van der Waals surface area contributed by atoms with Crippen LogP contribution in [0.5, 0.6) is 0 Å². The summed E-state index contributed by atoms with van der Waals surface area (Å²) in [6.45, 7) is 7.32. The van der Waals surface area contributed by atoms with Crippen LogP contribution in [-0.4, -0.2) is 19.0 Å². The topological polar surface area (TPSA) is 55.1 Å². The summed E-state index contributed by atoms with van der Waals surface area (Å²) in [6, 6.07) is 0. The zero-order valence-corrected chi connectivity index (χ0v) is 9.02. The highest BCUT2D eigenvalue weighted by atomic mass is 16.2. The van der Waals surface area contributed by atoms with Crippen molar-refractivity contribution in [2.24, 2.45) is 11.1 Å². The molecule has 0 spiro atoms. The van der Waals surface area contributed by atoms with Crippen molar-refractivity contribution >= 4 is 5.91 Å². The number of carbonyl (C=O) groups excluding carboxylic acids is 1. The maximum absolute atomic E-state index is 11.6. The number of rotatable bonds is 6. The molecule has 0 saturated heterocycles. The molecular weight excluding hydrogens is 164 g/mol. The Morgan fingerprint density at radius 2 is 2.08 bits per heavy atom. The first kappa shape index (κ1) is 12.4. The first-order chi connectivity index (χ1) is 6.04. The van der Waals surface area contributed by atoms with E-state index in [2.05, 4.69) is 12.2 Å². The van der Waals surface area contributed by atoms with Crippen LogP contribution in [0.4, 0.5) is 0 Å². The Bertz CT molecular complexity index is 155. The number of hydrogen-bond donors (Lipinski definition) is 2. The normalized spacial score (nSPS) is 11.4. The molecule has 0 rings (SSSR count). The maximum Gasteiger partial charge on any atom is 0.225 e. The van der Waals surface area contributed by atoms with Crippen LogP contribution in [0.15, 0.2) is 0 Å². The summed E-state index contributed by atoms with van der Waals surface area (Å²) in [5.41, 5.74) is 5.11. The fraction of sp³-hybridized carbons (Fsp3) is 0.900. The first-order valence-corrected chi connectivity index (χ1v) is 5.03. The largest absolute Gasteiger partial charge is 0.356 e. The third kappa shape index (κ3) is 4.88. The molecule has 0 bridgehead atoms. The van der Waals surface area contributed by atoms with Crippen molar-refractivity contribution in [1.82, 2.24) is 5.32 Å². The number of nitrogens with two attached hydrogens (primary N) is 1. The van der Waals surface area contributed by atoms with Crippen molar-refractivity contribution in [3.05, 3.63) is 0 Å². The highest BCUT2D eigenvalue weighted by molar-refractivity contribution is 5.81. The van der Waals surface area contributed by atoms with Gasteiger partial charge in [0, 0.05) is 12.0 Å². The number of hydrogen-bond acceptors (Lipinski definition) is 2. The van der Waals surface area contributed by atoms with E-state index in [1.807, 2.05) is 13.8 Å². The summed E-state index contributed by atoms with van der Waals surface area (Å²) >= 11 is 0. The molecule has 0 aromatic heterocycles. The standard InChI is InChI=1S/C10H22N2O/c1-4-5-8-12-9(13)10(2,3)6-7-11/h4-8,11H2,1-3H3,(H,12,13). The second kappa shape index (κ2) is 5.97. The van der Waals surface area contributed by atoms with E-state index in [0.29, 0.717) is 6.54 Å². The van der Waals surface area contributed by atoms with Crippen LogP contribution in [0.2, 0.25) is 0 Å². The van der Waals surface area contributed by atoms with Gasteiger partial charge in [0.05, 0.1) is 0 Å². The van der Waals surface area contributed by atoms with Crippen molar-refractivity contribution in [2.45, 2.75) is 40.0 Å².